The number of amides is 1. The predicted molar refractivity (Wildman–Crippen MR) is 90.1 cm³/mol. The van der Waals surface area contributed by atoms with Crippen molar-refractivity contribution in [2.45, 2.75) is 43.8 Å². The smallest absolute Gasteiger partial charge is 0.254 e. The average molecular weight is 331 g/mol. The van der Waals surface area contributed by atoms with E-state index in [1.54, 1.807) is 17.2 Å². The molecule has 2 atom stereocenters. The molecule has 0 bridgehead atoms. The van der Waals surface area contributed by atoms with Crippen LogP contribution in [0, 0.1) is 0 Å². The van der Waals surface area contributed by atoms with Crippen molar-refractivity contribution in [3.8, 4) is 0 Å². The van der Waals surface area contributed by atoms with E-state index in [1.165, 1.54) is 12.8 Å². The first-order chi connectivity index (χ1) is 11.7. The number of rotatable bonds is 2. The lowest BCUT2D eigenvalue weighted by Gasteiger charge is -2.42. The zero-order valence-electron chi connectivity index (χ0n) is 14.0. The molecule has 1 N–H and O–H groups in total. The summed E-state index contributed by atoms with van der Waals surface area (Å²) in [6.07, 6.45) is 6.07. The van der Waals surface area contributed by atoms with Gasteiger partial charge in [0.15, 0.2) is 0 Å². The highest BCUT2D eigenvalue weighted by molar-refractivity contribution is 5.95. The Hall–Kier alpha value is -1.66. The van der Waals surface area contributed by atoms with E-state index in [2.05, 4.69) is 9.88 Å². The van der Waals surface area contributed by atoms with E-state index in [4.69, 9.17) is 4.74 Å². The summed E-state index contributed by atoms with van der Waals surface area (Å²) < 4.78 is 5.81. The van der Waals surface area contributed by atoms with Crippen LogP contribution in [-0.4, -0.2) is 65.4 Å². The topological polar surface area (TPSA) is 65.9 Å². The molecule has 1 aromatic heterocycles. The maximum Gasteiger partial charge on any atom is 0.254 e. The molecule has 1 amide bonds. The van der Waals surface area contributed by atoms with Crippen molar-refractivity contribution < 1.29 is 14.6 Å². The fraction of sp³-hybridized carbons (Fsp3) is 0.667. The first-order valence-electron chi connectivity index (χ1n) is 9.00. The van der Waals surface area contributed by atoms with Crippen molar-refractivity contribution in [2.75, 3.05) is 37.7 Å². The maximum absolute atomic E-state index is 12.8. The number of aromatic nitrogens is 1. The quantitative estimate of drug-likeness (QED) is 0.888. The number of likely N-dealkylation sites (tertiary alicyclic amines) is 1. The Morgan fingerprint density at radius 2 is 2.08 bits per heavy atom. The fourth-order valence-electron chi connectivity index (χ4n) is 4.17. The van der Waals surface area contributed by atoms with Crippen molar-refractivity contribution in [3.05, 3.63) is 23.9 Å². The summed E-state index contributed by atoms with van der Waals surface area (Å²) in [5.41, 5.74) is 0.234. The van der Waals surface area contributed by atoms with Crippen molar-refractivity contribution in [3.63, 3.8) is 0 Å². The molecule has 3 fully saturated rings. The number of aliphatic hydroxyl groups excluding tert-OH is 1. The number of carbonyl (C=O) groups is 1. The minimum Gasteiger partial charge on any atom is -0.388 e. The second kappa shape index (κ2) is 6.33. The van der Waals surface area contributed by atoms with Gasteiger partial charge in [-0.3, -0.25) is 4.79 Å². The Kier molecular flexibility index (Phi) is 4.18. The molecule has 6 heteroatoms. The summed E-state index contributed by atoms with van der Waals surface area (Å²) in [4.78, 5) is 21.2. The minimum absolute atomic E-state index is 0.0234. The van der Waals surface area contributed by atoms with E-state index in [0.29, 0.717) is 31.7 Å². The Morgan fingerprint density at radius 3 is 2.79 bits per heavy atom. The number of ether oxygens (including phenoxy) is 1. The van der Waals surface area contributed by atoms with Crippen LogP contribution in [0.3, 0.4) is 0 Å². The van der Waals surface area contributed by atoms with E-state index in [-0.39, 0.29) is 5.91 Å². The standard InChI is InChI=1S/C18H25N3O3/c22-15-13-21(10-6-18(15)5-3-11-24-18)17(23)14-4-7-19-16(12-14)20-8-1-2-9-20/h4,7,12,15,22H,1-3,5-6,8-11,13H2/t15-,18-/m0/s1. The van der Waals surface area contributed by atoms with Crippen molar-refractivity contribution >= 4 is 11.7 Å². The molecule has 1 aromatic rings. The third-order valence-corrected chi connectivity index (χ3v) is 5.65. The van der Waals surface area contributed by atoms with Gasteiger partial charge in [-0.25, -0.2) is 4.98 Å². The van der Waals surface area contributed by atoms with Crippen molar-refractivity contribution in [1.29, 1.82) is 0 Å². The average Bonchev–Trinajstić information content (AvgIpc) is 3.29. The number of anilines is 1. The second-order valence-electron chi connectivity index (χ2n) is 7.13. The molecule has 24 heavy (non-hydrogen) atoms. The van der Waals surface area contributed by atoms with Crippen molar-refractivity contribution in [1.82, 2.24) is 9.88 Å². The summed E-state index contributed by atoms with van der Waals surface area (Å²) in [5, 5.41) is 10.5. The highest BCUT2D eigenvalue weighted by Gasteiger charge is 2.46. The van der Waals surface area contributed by atoms with Crippen LogP contribution in [-0.2, 0) is 4.74 Å². The number of hydrogen-bond acceptors (Lipinski definition) is 5. The molecule has 6 nitrogen and oxygen atoms in total. The van der Waals surface area contributed by atoms with E-state index >= 15 is 0 Å². The Morgan fingerprint density at radius 1 is 1.25 bits per heavy atom. The van der Waals surface area contributed by atoms with Gasteiger partial charge in [0, 0.05) is 44.5 Å². The normalized spacial score (nSPS) is 30.3. The van der Waals surface area contributed by atoms with E-state index in [1.807, 2.05) is 6.07 Å². The van der Waals surface area contributed by atoms with Gasteiger partial charge in [-0.15, -0.1) is 0 Å². The first-order valence-corrected chi connectivity index (χ1v) is 9.00. The molecule has 0 aliphatic carbocycles. The molecule has 0 radical (unpaired) electrons. The van der Waals surface area contributed by atoms with Crippen LogP contribution in [0.15, 0.2) is 18.3 Å². The van der Waals surface area contributed by atoms with Crippen LogP contribution in [0.5, 0.6) is 0 Å². The summed E-state index contributed by atoms with van der Waals surface area (Å²) in [6, 6.07) is 3.65. The maximum atomic E-state index is 12.8. The molecule has 3 aliphatic rings. The molecule has 0 saturated carbocycles. The number of hydrogen-bond donors (Lipinski definition) is 1. The summed E-state index contributed by atoms with van der Waals surface area (Å²) in [6.45, 7) is 3.71. The van der Waals surface area contributed by atoms with Gasteiger partial charge < -0.3 is 19.6 Å². The van der Waals surface area contributed by atoms with Gasteiger partial charge in [-0.1, -0.05) is 0 Å². The third kappa shape index (κ3) is 2.78. The van der Waals surface area contributed by atoms with Gasteiger partial charge in [0.25, 0.3) is 5.91 Å². The number of nitrogens with zero attached hydrogens (tertiary/aromatic N) is 3. The highest BCUT2D eigenvalue weighted by atomic mass is 16.5. The van der Waals surface area contributed by atoms with Gasteiger partial charge >= 0.3 is 0 Å². The van der Waals surface area contributed by atoms with Gasteiger partial charge in [-0.2, -0.15) is 0 Å². The zero-order valence-corrected chi connectivity index (χ0v) is 14.0. The highest BCUT2D eigenvalue weighted by Crippen LogP contribution is 2.36. The molecule has 1 spiro atoms. The summed E-state index contributed by atoms with van der Waals surface area (Å²) in [5.74, 6) is 0.858. The molecule has 3 aliphatic heterocycles. The lowest BCUT2D eigenvalue weighted by molar-refractivity contribution is -0.122. The molecule has 0 unspecified atom stereocenters. The second-order valence-corrected chi connectivity index (χ2v) is 7.13. The molecule has 4 heterocycles. The molecular weight excluding hydrogens is 306 g/mol. The molecule has 4 rings (SSSR count). The summed E-state index contributed by atoms with van der Waals surface area (Å²) >= 11 is 0. The Labute approximate surface area is 142 Å². The van der Waals surface area contributed by atoms with Crippen LogP contribution in [0.25, 0.3) is 0 Å². The number of β-amino-alcohol motifs (C(OH)–C–C–N with tert-alkyl or cyclic N) is 1. The van der Waals surface area contributed by atoms with Crippen LogP contribution < -0.4 is 4.90 Å². The Bertz CT molecular complexity index is 609. The van der Waals surface area contributed by atoms with Gasteiger partial charge in [0.2, 0.25) is 0 Å². The van der Waals surface area contributed by atoms with Crippen molar-refractivity contribution in [2.24, 2.45) is 0 Å². The first kappa shape index (κ1) is 15.8. The van der Waals surface area contributed by atoms with E-state index in [0.717, 1.165) is 31.7 Å². The van der Waals surface area contributed by atoms with Gasteiger partial charge in [0.05, 0.1) is 5.60 Å². The molecule has 3 saturated heterocycles. The molecule has 0 aromatic carbocycles. The number of piperidine rings is 1. The van der Waals surface area contributed by atoms with E-state index in [9.17, 15) is 9.90 Å². The minimum atomic E-state index is -0.599. The van der Waals surface area contributed by atoms with Crippen LogP contribution in [0.2, 0.25) is 0 Å². The molecule has 130 valence electrons. The van der Waals surface area contributed by atoms with Crippen LogP contribution >= 0.6 is 0 Å². The lowest BCUT2D eigenvalue weighted by Crippen LogP contribution is -2.56. The van der Waals surface area contributed by atoms with Crippen LogP contribution in [0.1, 0.15) is 42.5 Å². The number of carbonyl (C=O) groups excluding carboxylic acids is 1. The summed E-state index contributed by atoms with van der Waals surface area (Å²) in [7, 11) is 0. The van der Waals surface area contributed by atoms with Gasteiger partial charge in [0.1, 0.15) is 11.9 Å². The predicted octanol–water partition coefficient (Wildman–Crippen LogP) is 1.44. The molecular formula is C18H25N3O3. The monoisotopic (exact) mass is 331 g/mol. The Balaban J connectivity index is 1.47. The van der Waals surface area contributed by atoms with Gasteiger partial charge in [-0.05, 0) is 44.2 Å². The van der Waals surface area contributed by atoms with Crippen LogP contribution in [0.4, 0.5) is 5.82 Å². The number of pyridine rings is 1. The largest absolute Gasteiger partial charge is 0.388 e. The lowest BCUT2D eigenvalue weighted by atomic mass is 9.86. The fourth-order valence-corrected chi connectivity index (χ4v) is 4.17. The SMILES string of the molecule is O=C(c1ccnc(N2CCCC2)c1)N1CC[C@@]2(CCCO2)[C@@H](O)C1. The van der Waals surface area contributed by atoms with E-state index < -0.39 is 11.7 Å². The number of aliphatic hydroxyl groups is 1. The third-order valence-electron chi connectivity index (χ3n) is 5.65. The zero-order chi connectivity index (χ0) is 16.6.